The van der Waals surface area contributed by atoms with Gasteiger partial charge in [0.05, 0.1) is 6.20 Å². The molecule has 0 bridgehead atoms. The number of aliphatic imine (C=N–C) groups is 1. The van der Waals surface area contributed by atoms with E-state index in [0.29, 0.717) is 25.3 Å². The van der Waals surface area contributed by atoms with Gasteiger partial charge in [0.15, 0.2) is 5.82 Å². The van der Waals surface area contributed by atoms with Crippen LogP contribution in [0.25, 0.3) is 17.2 Å². The van der Waals surface area contributed by atoms with Crippen LogP contribution in [0.1, 0.15) is 69.7 Å². The number of nitrogens with zero attached hydrogens (tertiary/aromatic N) is 8. The van der Waals surface area contributed by atoms with Crippen molar-refractivity contribution in [2.45, 2.75) is 77.8 Å². The van der Waals surface area contributed by atoms with Crippen LogP contribution in [-0.2, 0) is 24.9 Å². The molecule has 1 aromatic carbocycles. The van der Waals surface area contributed by atoms with Crippen molar-refractivity contribution in [2.75, 3.05) is 0 Å². The molecule has 1 aliphatic heterocycles. The first kappa shape index (κ1) is 25.6. The second-order valence-electron chi connectivity index (χ2n) is 10.2. The SMILES string of the molecule is CCCCc1cn(-c2c(C(C)C)cnn2CC)c(=O)n1CC1(c2cccc(-c3nnn[nH]3)c2)C=CN=CC1. The Kier molecular flexibility index (Phi) is 7.22. The molecule has 0 spiro atoms. The van der Waals surface area contributed by atoms with E-state index in [1.54, 1.807) is 0 Å². The highest BCUT2D eigenvalue weighted by molar-refractivity contribution is 5.65. The molecule has 5 rings (SSSR count). The zero-order chi connectivity index (χ0) is 26.7. The minimum atomic E-state index is -0.450. The van der Waals surface area contributed by atoms with E-state index in [2.05, 4.69) is 76.6 Å². The molecule has 0 amide bonds. The maximum absolute atomic E-state index is 14.2. The molecule has 4 aromatic rings. The number of unbranched alkanes of at least 4 members (excludes halogenated alkanes) is 1. The number of hydrogen-bond acceptors (Lipinski definition) is 6. The number of nitrogens with one attached hydrogen (secondary N) is 1. The highest BCUT2D eigenvalue weighted by Crippen LogP contribution is 2.35. The average molecular weight is 514 g/mol. The summed E-state index contributed by atoms with van der Waals surface area (Å²) in [6.07, 6.45) is 13.4. The molecule has 0 aliphatic carbocycles. The van der Waals surface area contributed by atoms with Crippen LogP contribution >= 0.6 is 0 Å². The van der Waals surface area contributed by atoms with Crippen molar-refractivity contribution < 1.29 is 0 Å². The van der Waals surface area contributed by atoms with Crippen molar-refractivity contribution >= 4 is 6.21 Å². The Bertz CT molecular complexity index is 1500. The Morgan fingerprint density at radius 1 is 1.21 bits per heavy atom. The summed E-state index contributed by atoms with van der Waals surface area (Å²) >= 11 is 0. The lowest BCUT2D eigenvalue weighted by Crippen LogP contribution is -2.37. The lowest BCUT2D eigenvalue weighted by Gasteiger charge is -2.32. The van der Waals surface area contributed by atoms with Crippen LogP contribution in [0, 0.1) is 0 Å². The van der Waals surface area contributed by atoms with Crippen molar-refractivity contribution in [1.29, 1.82) is 0 Å². The Morgan fingerprint density at radius 2 is 2.08 bits per heavy atom. The van der Waals surface area contributed by atoms with E-state index in [-0.39, 0.29) is 11.6 Å². The zero-order valence-corrected chi connectivity index (χ0v) is 22.5. The average Bonchev–Trinajstić information content (AvgIpc) is 3.68. The zero-order valence-electron chi connectivity index (χ0n) is 22.5. The van der Waals surface area contributed by atoms with Gasteiger partial charge in [-0.25, -0.2) is 14.6 Å². The lowest BCUT2D eigenvalue weighted by molar-refractivity contribution is 0.438. The highest BCUT2D eigenvalue weighted by Gasteiger charge is 2.33. The van der Waals surface area contributed by atoms with Gasteiger partial charge in [-0.05, 0) is 54.2 Å². The predicted molar refractivity (Wildman–Crippen MR) is 148 cm³/mol. The van der Waals surface area contributed by atoms with Gasteiger partial charge in [-0.1, -0.05) is 51.5 Å². The van der Waals surface area contributed by atoms with E-state index in [9.17, 15) is 4.79 Å². The molecule has 1 aliphatic rings. The Labute approximate surface area is 222 Å². The van der Waals surface area contributed by atoms with Gasteiger partial charge in [0.2, 0.25) is 0 Å². The fourth-order valence-electron chi connectivity index (χ4n) is 5.19. The summed E-state index contributed by atoms with van der Waals surface area (Å²) in [5, 5.41) is 19.0. The molecular weight excluding hydrogens is 478 g/mol. The quantitative estimate of drug-likeness (QED) is 0.337. The summed E-state index contributed by atoms with van der Waals surface area (Å²) in [4.78, 5) is 18.5. The number of benzene rings is 1. The molecule has 1 unspecified atom stereocenters. The first-order valence-corrected chi connectivity index (χ1v) is 13.4. The van der Waals surface area contributed by atoms with Crippen molar-refractivity contribution in [3.05, 3.63) is 76.2 Å². The largest absolute Gasteiger partial charge is 0.334 e. The minimum absolute atomic E-state index is 0.0425. The molecule has 38 heavy (non-hydrogen) atoms. The molecule has 1 N–H and O–H groups in total. The van der Waals surface area contributed by atoms with Crippen molar-refractivity contribution in [3.8, 4) is 17.2 Å². The third-order valence-corrected chi connectivity index (χ3v) is 7.37. The van der Waals surface area contributed by atoms with Crippen LogP contribution in [0.2, 0.25) is 0 Å². The topological polar surface area (TPSA) is 112 Å². The normalized spacial score (nSPS) is 17.1. The maximum atomic E-state index is 14.2. The summed E-state index contributed by atoms with van der Waals surface area (Å²) < 4.78 is 5.68. The summed E-state index contributed by atoms with van der Waals surface area (Å²) in [7, 11) is 0. The number of allylic oxidation sites excluding steroid dienone is 1. The smallest absolute Gasteiger partial charge is 0.295 e. The fourth-order valence-corrected chi connectivity index (χ4v) is 5.19. The molecule has 0 fully saturated rings. The standard InChI is InChI=1S/C28H35N9O/c1-5-7-11-23-18-35(26-24(20(3)4)17-30-37(26)6-2)27(38)36(23)19-28(12-14-29-15-13-28)22-10-8-9-21(16-22)25-31-33-34-32-25/h8-10,12,14-18,20H,5-7,11,13,19H2,1-4H3,(H,31,32,33,34). The predicted octanol–water partition coefficient (Wildman–Crippen LogP) is 4.43. The minimum Gasteiger partial charge on any atom is -0.295 e. The van der Waals surface area contributed by atoms with Crippen molar-refractivity contribution in [2.24, 2.45) is 4.99 Å². The van der Waals surface area contributed by atoms with Crippen LogP contribution in [0.4, 0.5) is 0 Å². The van der Waals surface area contributed by atoms with Gasteiger partial charge in [-0.3, -0.25) is 14.1 Å². The summed E-state index contributed by atoms with van der Waals surface area (Å²) in [5.41, 5.74) is 3.58. The molecule has 0 saturated carbocycles. The van der Waals surface area contributed by atoms with Crippen LogP contribution < -0.4 is 5.69 Å². The molecule has 4 heterocycles. The number of aromatic nitrogens is 8. The molecular formula is C28H35N9O. The van der Waals surface area contributed by atoms with Gasteiger partial charge < -0.3 is 0 Å². The molecule has 0 saturated heterocycles. The lowest BCUT2D eigenvalue weighted by atomic mass is 9.76. The number of rotatable bonds is 10. The maximum Gasteiger partial charge on any atom is 0.334 e. The van der Waals surface area contributed by atoms with Crippen LogP contribution in [0.5, 0.6) is 0 Å². The number of tetrazole rings is 1. The second kappa shape index (κ2) is 10.7. The summed E-state index contributed by atoms with van der Waals surface area (Å²) in [6, 6.07) is 8.19. The Hall–Kier alpha value is -4.08. The van der Waals surface area contributed by atoms with E-state index in [4.69, 9.17) is 0 Å². The van der Waals surface area contributed by atoms with Gasteiger partial charge in [0.25, 0.3) is 0 Å². The number of H-pyrrole nitrogens is 1. The summed E-state index contributed by atoms with van der Waals surface area (Å²) in [5.74, 6) is 1.71. The molecule has 10 heteroatoms. The summed E-state index contributed by atoms with van der Waals surface area (Å²) in [6.45, 7) is 9.69. The van der Waals surface area contributed by atoms with Gasteiger partial charge in [-0.15, -0.1) is 5.10 Å². The molecule has 0 radical (unpaired) electrons. The Balaban J connectivity index is 1.64. The number of aryl methyl sites for hydroxylation is 2. The number of aromatic amines is 1. The Morgan fingerprint density at radius 3 is 2.76 bits per heavy atom. The van der Waals surface area contributed by atoms with E-state index in [0.717, 1.165) is 47.5 Å². The van der Waals surface area contributed by atoms with Crippen LogP contribution in [0.15, 0.2) is 58.7 Å². The van der Waals surface area contributed by atoms with Gasteiger partial charge in [-0.2, -0.15) is 5.10 Å². The van der Waals surface area contributed by atoms with E-state index in [1.165, 1.54) is 0 Å². The third kappa shape index (κ3) is 4.66. The monoisotopic (exact) mass is 513 g/mol. The number of hydrogen-bond donors (Lipinski definition) is 1. The van der Waals surface area contributed by atoms with E-state index in [1.807, 2.05) is 50.8 Å². The van der Waals surface area contributed by atoms with Gasteiger partial charge in [0, 0.05) is 53.9 Å². The highest BCUT2D eigenvalue weighted by atomic mass is 16.1. The molecule has 3 aromatic heterocycles. The van der Waals surface area contributed by atoms with E-state index < -0.39 is 5.41 Å². The molecule has 1 atom stereocenters. The fraction of sp³-hybridized carbons (Fsp3) is 0.429. The third-order valence-electron chi connectivity index (χ3n) is 7.37. The van der Waals surface area contributed by atoms with Gasteiger partial charge in [0.1, 0.15) is 5.82 Å². The number of imidazole rings is 1. The van der Waals surface area contributed by atoms with Gasteiger partial charge >= 0.3 is 5.69 Å². The first-order chi connectivity index (χ1) is 18.5. The van der Waals surface area contributed by atoms with Crippen LogP contribution in [-0.4, -0.2) is 45.8 Å². The first-order valence-electron chi connectivity index (χ1n) is 13.4. The van der Waals surface area contributed by atoms with Crippen molar-refractivity contribution in [3.63, 3.8) is 0 Å². The molecule has 10 nitrogen and oxygen atoms in total. The second-order valence-corrected chi connectivity index (χ2v) is 10.2. The molecule has 198 valence electrons. The van der Waals surface area contributed by atoms with E-state index >= 15 is 0 Å². The van der Waals surface area contributed by atoms with Crippen molar-refractivity contribution in [1.82, 2.24) is 39.5 Å². The van der Waals surface area contributed by atoms with Crippen LogP contribution in [0.3, 0.4) is 0 Å².